The molecule has 0 radical (unpaired) electrons. The van der Waals surface area contributed by atoms with Crippen molar-refractivity contribution in [1.82, 2.24) is 14.7 Å². The van der Waals surface area contributed by atoms with Crippen molar-refractivity contribution < 1.29 is 39.1 Å². The number of carbonyl (C=O) groups is 2. The van der Waals surface area contributed by atoms with Crippen LogP contribution in [-0.4, -0.2) is 131 Å². The van der Waals surface area contributed by atoms with E-state index in [-0.39, 0.29) is 30.0 Å². The highest BCUT2D eigenvalue weighted by Gasteiger charge is 2.47. The normalized spacial score (nSPS) is 39.7. The number of allylic oxidation sites excluding steroid dienone is 3. The maximum Gasteiger partial charge on any atom is 0.308 e. The first-order chi connectivity index (χ1) is 27.0. The highest BCUT2D eigenvalue weighted by atomic mass is 16.7. The van der Waals surface area contributed by atoms with E-state index in [0.29, 0.717) is 37.6 Å². The third-order valence-electron chi connectivity index (χ3n) is 13.1. The molecular formula is C46H73N3O8. The highest BCUT2D eigenvalue weighted by Crippen LogP contribution is 2.36. The molecular weight excluding hydrogens is 723 g/mol. The van der Waals surface area contributed by atoms with Gasteiger partial charge in [-0.15, -0.1) is 0 Å². The van der Waals surface area contributed by atoms with E-state index >= 15 is 0 Å². The van der Waals surface area contributed by atoms with Gasteiger partial charge in [0.1, 0.15) is 12.2 Å². The molecule has 5 rings (SSSR count). The minimum absolute atomic E-state index is 0.00962. The molecule has 0 saturated carbocycles. The van der Waals surface area contributed by atoms with Crippen LogP contribution in [0.15, 0.2) is 48.1 Å². The molecule has 4 aliphatic heterocycles. The van der Waals surface area contributed by atoms with Gasteiger partial charge < -0.3 is 39.3 Å². The number of piperidine rings is 1. The van der Waals surface area contributed by atoms with Crippen LogP contribution in [0.3, 0.4) is 0 Å². The maximum atomic E-state index is 13.9. The fraction of sp³-hybridized carbons (Fsp3) is 0.739. The second-order valence-corrected chi connectivity index (χ2v) is 18.5. The van der Waals surface area contributed by atoms with Crippen molar-refractivity contribution in [2.45, 2.75) is 143 Å². The molecule has 4 heterocycles. The number of aliphatic hydroxyl groups excluding tert-OH is 3. The molecule has 11 heteroatoms. The number of nitrogens with zero attached hydrogens (tertiary/aromatic N) is 3. The molecule has 11 nitrogen and oxygen atoms in total. The van der Waals surface area contributed by atoms with Crippen LogP contribution in [0.4, 0.5) is 0 Å². The number of likely N-dealkylation sites (tertiary alicyclic amines) is 1. The van der Waals surface area contributed by atoms with Crippen molar-refractivity contribution in [3.8, 4) is 0 Å². The molecule has 2 saturated heterocycles. The van der Waals surface area contributed by atoms with E-state index in [4.69, 9.17) is 14.2 Å². The Hall–Kier alpha value is -2.48. The van der Waals surface area contributed by atoms with Gasteiger partial charge in [-0.1, -0.05) is 76.6 Å². The van der Waals surface area contributed by atoms with Gasteiger partial charge in [0.2, 0.25) is 0 Å². The molecule has 57 heavy (non-hydrogen) atoms. The number of benzene rings is 1. The number of likely N-dealkylation sites (N-methyl/N-ethyl adjacent to an activating group) is 1. The van der Waals surface area contributed by atoms with Crippen LogP contribution in [0.25, 0.3) is 0 Å². The Kier molecular flexibility index (Phi) is 16.5. The second kappa shape index (κ2) is 20.7. The quantitative estimate of drug-likeness (QED) is 0.285. The van der Waals surface area contributed by atoms with E-state index in [0.717, 1.165) is 38.3 Å². The van der Waals surface area contributed by atoms with Crippen LogP contribution in [0.5, 0.6) is 0 Å². The molecule has 0 amide bonds. The summed E-state index contributed by atoms with van der Waals surface area (Å²) in [6.45, 7) is 19.2. The van der Waals surface area contributed by atoms with Crippen molar-refractivity contribution in [1.29, 1.82) is 0 Å². The summed E-state index contributed by atoms with van der Waals surface area (Å²) >= 11 is 0. The lowest BCUT2D eigenvalue weighted by molar-refractivity contribution is -0.304. The molecule has 4 aliphatic rings. The zero-order chi connectivity index (χ0) is 41.6. The minimum Gasteiger partial charge on any atom is -0.462 e. The van der Waals surface area contributed by atoms with Gasteiger partial charge in [0.05, 0.1) is 36.9 Å². The Morgan fingerprint density at radius 3 is 2.16 bits per heavy atom. The number of hydrogen-bond acceptors (Lipinski definition) is 11. The topological polar surface area (TPSA) is 132 Å². The van der Waals surface area contributed by atoms with Gasteiger partial charge in [-0.2, -0.15) is 0 Å². The molecule has 14 atom stereocenters. The molecule has 2 fully saturated rings. The first-order valence-corrected chi connectivity index (χ1v) is 21.7. The average Bonchev–Trinajstić information content (AvgIpc) is 3.56. The van der Waals surface area contributed by atoms with Gasteiger partial charge in [0.25, 0.3) is 0 Å². The first-order valence-electron chi connectivity index (χ1n) is 21.7. The van der Waals surface area contributed by atoms with E-state index in [1.54, 1.807) is 32.0 Å². The van der Waals surface area contributed by atoms with Crippen molar-refractivity contribution in [3.05, 3.63) is 59.2 Å². The molecule has 3 N–H and O–H groups in total. The summed E-state index contributed by atoms with van der Waals surface area (Å²) in [5.74, 6) is -0.638. The highest BCUT2D eigenvalue weighted by molar-refractivity contribution is 5.91. The Morgan fingerprint density at radius 2 is 1.54 bits per heavy atom. The Balaban J connectivity index is 1.46. The summed E-state index contributed by atoms with van der Waals surface area (Å²) in [6, 6.07) is 7.80. The molecule has 0 aliphatic carbocycles. The van der Waals surface area contributed by atoms with Crippen LogP contribution < -0.4 is 0 Å². The van der Waals surface area contributed by atoms with Crippen LogP contribution in [0.2, 0.25) is 0 Å². The van der Waals surface area contributed by atoms with E-state index in [9.17, 15) is 24.9 Å². The average molecular weight is 796 g/mol. The van der Waals surface area contributed by atoms with Gasteiger partial charge in [0, 0.05) is 50.5 Å². The Bertz CT molecular complexity index is 1500. The van der Waals surface area contributed by atoms with Crippen LogP contribution in [0.1, 0.15) is 91.7 Å². The first kappa shape index (κ1) is 45.6. The second-order valence-electron chi connectivity index (χ2n) is 18.5. The van der Waals surface area contributed by atoms with Crippen molar-refractivity contribution >= 4 is 11.8 Å². The SMILES string of the molecule is CC[C@H]1OC(=O)C[C@@H](O)[C@H](C)[C@@H](O[C@@H]2O[C@H](C)[C@@H](O)[C@H](N(C)C)[C@H]2O)[C@@H](CCN2CC(C)CC(C)C2)C[C@@H](C)C(=O)/C=C\C(C)=C/[C@@H]1CN1Cc2ccccc2C1. The summed E-state index contributed by atoms with van der Waals surface area (Å²) in [5.41, 5.74) is 3.53. The van der Waals surface area contributed by atoms with Gasteiger partial charge in [-0.25, -0.2) is 0 Å². The maximum absolute atomic E-state index is 13.9. The number of fused-ring (bicyclic) bond motifs is 1. The number of ketones is 1. The number of cyclic esters (lactones) is 1. The third kappa shape index (κ3) is 12.1. The number of aliphatic hydroxyl groups is 3. The Labute approximate surface area is 342 Å². The molecule has 1 aromatic carbocycles. The predicted molar refractivity (Wildman–Crippen MR) is 222 cm³/mol. The lowest BCUT2D eigenvalue weighted by Gasteiger charge is -2.47. The molecule has 0 bridgehead atoms. The van der Waals surface area contributed by atoms with Gasteiger partial charge in [-0.05, 0) is 95.1 Å². The largest absolute Gasteiger partial charge is 0.462 e. The third-order valence-corrected chi connectivity index (χ3v) is 13.1. The number of esters is 1. The molecule has 1 aromatic rings. The minimum atomic E-state index is -1.19. The van der Waals surface area contributed by atoms with Crippen molar-refractivity contribution in [3.63, 3.8) is 0 Å². The van der Waals surface area contributed by atoms with E-state index < -0.39 is 60.8 Å². The monoisotopic (exact) mass is 796 g/mol. The number of ether oxygens (including phenoxy) is 3. The van der Waals surface area contributed by atoms with Gasteiger partial charge >= 0.3 is 5.97 Å². The van der Waals surface area contributed by atoms with Crippen LogP contribution >= 0.6 is 0 Å². The van der Waals surface area contributed by atoms with Crippen LogP contribution in [0, 0.1) is 35.5 Å². The molecule has 2 unspecified atom stereocenters. The summed E-state index contributed by atoms with van der Waals surface area (Å²) < 4.78 is 19.2. The lowest BCUT2D eigenvalue weighted by Crippen LogP contribution is -2.63. The number of rotatable bonds is 9. The smallest absolute Gasteiger partial charge is 0.308 e. The number of hydrogen-bond donors (Lipinski definition) is 3. The standard InChI is InChI=1S/C46H73N3O8/c1-10-40-37(27-49-25-35-13-11-12-14-36(35)26-49)20-28(2)15-16-38(50)31(5)21-34(17-18-48-23-29(3)19-30(4)24-48)45(32(6)39(51)22-41(52)56-40)57-46-44(54)42(47(8)9)43(53)33(7)55-46/h11-16,20,29-34,37,39-40,42-46,51,53-54H,10,17-19,21-27H2,1-9H3/b16-15-,28-20-/t29?,30?,31-,32+,33-,34+,37-,39-,40-,42+,43-,44-,45-,46+/m1/s1. The fourth-order valence-electron chi connectivity index (χ4n) is 10.0. The van der Waals surface area contributed by atoms with Gasteiger partial charge in [-0.3, -0.25) is 14.5 Å². The van der Waals surface area contributed by atoms with Crippen molar-refractivity contribution in [2.24, 2.45) is 35.5 Å². The van der Waals surface area contributed by atoms with E-state index in [1.165, 1.54) is 17.5 Å². The molecule has 320 valence electrons. The van der Waals surface area contributed by atoms with Crippen molar-refractivity contribution in [2.75, 3.05) is 40.3 Å². The van der Waals surface area contributed by atoms with E-state index in [1.807, 2.05) is 33.8 Å². The summed E-state index contributed by atoms with van der Waals surface area (Å²) in [6.07, 6.45) is 2.27. The summed E-state index contributed by atoms with van der Waals surface area (Å²) in [5, 5.41) is 34.5. The fourth-order valence-corrected chi connectivity index (χ4v) is 10.0. The molecule has 0 spiro atoms. The van der Waals surface area contributed by atoms with E-state index in [2.05, 4.69) is 54.0 Å². The zero-order valence-electron chi connectivity index (χ0n) is 36.1. The lowest BCUT2D eigenvalue weighted by atomic mass is 9.79. The summed E-state index contributed by atoms with van der Waals surface area (Å²) in [4.78, 5) is 34.4. The zero-order valence-corrected chi connectivity index (χ0v) is 36.1. The van der Waals surface area contributed by atoms with Crippen LogP contribution in [-0.2, 0) is 36.9 Å². The summed E-state index contributed by atoms with van der Waals surface area (Å²) in [7, 11) is 3.60. The molecule has 0 aromatic heterocycles. The number of carbonyl (C=O) groups excluding carboxylic acids is 2. The predicted octanol–water partition coefficient (Wildman–Crippen LogP) is 5.20. The Morgan fingerprint density at radius 1 is 0.895 bits per heavy atom. The van der Waals surface area contributed by atoms with Gasteiger partial charge in [0.15, 0.2) is 12.1 Å².